The second-order valence-electron chi connectivity index (χ2n) is 7.55. The molecule has 0 N–H and O–H groups in total. The molecule has 5 rings (SSSR count). The van der Waals surface area contributed by atoms with Crippen molar-refractivity contribution in [2.45, 2.75) is 17.8 Å². The summed E-state index contributed by atoms with van der Waals surface area (Å²) in [5.41, 5.74) is 3.18. The molecule has 4 nitrogen and oxygen atoms in total. The van der Waals surface area contributed by atoms with E-state index in [2.05, 4.69) is 57.2 Å². The molecule has 0 unspecified atom stereocenters. The van der Waals surface area contributed by atoms with Gasteiger partial charge >= 0.3 is 0 Å². The van der Waals surface area contributed by atoms with Crippen LogP contribution < -0.4 is 4.74 Å². The molecular weight excluding hydrogens is 450 g/mol. The summed E-state index contributed by atoms with van der Waals surface area (Å²) in [5, 5.41) is 13.1. The predicted molar refractivity (Wildman–Crippen MR) is 136 cm³/mol. The van der Waals surface area contributed by atoms with Crippen LogP contribution in [0.5, 0.6) is 5.75 Å². The standard InChI is InChI=1S/C27H22ClN3OS/c1-2-32-25-15-13-24(14-16-25)31-26(21-9-11-23(28)12-10-21)29-30-27(31)33-18-19-7-8-20-5-3-4-6-22(20)17-19/h3-17H,2,18H2,1H3. The van der Waals surface area contributed by atoms with Crippen LogP contribution in [0, 0.1) is 0 Å². The second-order valence-corrected chi connectivity index (χ2v) is 8.92. The third-order valence-corrected chi connectivity index (χ3v) is 6.58. The topological polar surface area (TPSA) is 39.9 Å². The summed E-state index contributed by atoms with van der Waals surface area (Å²) in [5.74, 6) is 2.41. The smallest absolute Gasteiger partial charge is 0.196 e. The summed E-state index contributed by atoms with van der Waals surface area (Å²) < 4.78 is 7.70. The summed E-state index contributed by atoms with van der Waals surface area (Å²) in [6.07, 6.45) is 0. The highest BCUT2D eigenvalue weighted by Gasteiger charge is 2.16. The van der Waals surface area contributed by atoms with Gasteiger partial charge < -0.3 is 4.74 Å². The van der Waals surface area contributed by atoms with E-state index in [1.807, 2.05) is 55.5 Å². The van der Waals surface area contributed by atoms with Crippen molar-refractivity contribution in [2.75, 3.05) is 6.61 Å². The largest absolute Gasteiger partial charge is 0.494 e. The van der Waals surface area contributed by atoms with Gasteiger partial charge in [-0.2, -0.15) is 0 Å². The van der Waals surface area contributed by atoms with Gasteiger partial charge in [0.25, 0.3) is 0 Å². The lowest BCUT2D eigenvalue weighted by atomic mass is 10.1. The molecule has 0 radical (unpaired) electrons. The molecule has 0 saturated carbocycles. The maximum atomic E-state index is 6.11. The predicted octanol–water partition coefficient (Wildman–Crippen LogP) is 7.43. The van der Waals surface area contributed by atoms with Crippen LogP contribution in [0.15, 0.2) is 96.2 Å². The summed E-state index contributed by atoms with van der Waals surface area (Å²) in [6, 6.07) is 30.7. The lowest BCUT2D eigenvalue weighted by molar-refractivity contribution is 0.340. The maximum absolute atomic E-state index is 6.11. The number of fused-ring (bicyclic) bond motifs is 1. The van der Waals surface area contributed by atoms with Crippen LogP contribution in [0.1, 0.15) is 12.5 Å². The fraction of sp³-hybridized carbons (Fsp3) is 0.111. The van der Waals surface area contributed by atoms with Gasteiger partial charge in [-0.25, -0.2) is 0 Å². The quantitative estimate of drug-likeness (QED) is 0.231. The van der Waals surface area contributed by atoms with Crippen molar-refractivity contribution in [1.29, 1.82) is 0 Å². The molecule has 0 fully saturated rings. The highest BCUT2D eigenvalue weighted by Crippen LogP contribution is 2.31. The molecule has 6 heteroatoms. The zero-order chi connectivity index (χ0) is 22.6. The number of ether oxygens (including phenoxy) is 1. The average molecular weight is 472 g/mol. The van der Waals surface area contributed by atoms with Gasteiger partial charge in [-0.1, -0.05) is 65.8 Å². The first-order chi connectivity index (χ1) is 16.2. The molecule has 0 aliphatic carbocycles. The highest BCUT2D eigenvalue weighted by atomic mass is 35.5. The van der Waals surface area contributed by atoms with E-state index < -0.39 is 0 Å². The van der Waals surface area contributed by atoms with Gasteiger partial charge in [0, 0.05) is 22.0 Å². The number of hydrogen-bond donors (Lipinski definition) is 0. The van der Waals surface area contributed by atoms with Crippen LogP contribution in [0.4, 0.5) is 0 Å². The van der Waals surface area contributed by atoms with Crippen molar-refractivity contribution in [1.82, 2.24) is 14.8 Å². The van der Waals surface area contributed by atoms with Crippen molar-refractivity contribution in [3.8, 4) is 22.8 Å². The second kappa shape index (κ2) is 9.69. The Balaban J connectivity index is 1.49. The van der Waals surface area contributed by atoms with Crippen molar-refractivity contribution < 1.29 is 4.74 Å². The van der Waals surface area contributed by atoms with E-state index in [9.17, 15) is 0 Å². The van der Waals surface area contributed by atoms with E-state index in [-0.39, 0.29) is 0 Å². The van der Waals surface area contributed by atoms with E-state index in [1.54, 1.807) is 11.8 Å². The van der Waals surface area contributed by atoms with Crippen LogP contribution in [0.3, 0.4) is 0 Å². The van der Waals surface area contributed by atoms with Crippen molar-refractivity contribution in [3.63, 3.8) is 0 Å². The van der Waals surface area contributed by atoms with Crippen LogP contribution >= 0.6 is 23.4 Å². The molecule has 0 spiro atoms. The van der Waals surface area contributed by atoms with Gasteiger partial charge in [0.2, 0.25) is 0 Å². The van der Waals surface area contributed by atoms with E-state index in [0.717, 1.165) is 33.7 Å². The molecule has 5 aromatic rings. The summed E-state index contributed by atoms with van der Waals surface area (Å²) in [4.78, 5) is 0. The number of rotatable bonds is 7. The molecule has 4 aromatic carbocycles. The minimum Gasteiger partial charge on any atom is -0.494 e. The third-order valence-electron chi connectivity index (χ3n) is 5.32. The SMILES string of the molecule is CCOc1ccc(-n2c(SCc3ccc4ccccc4c3)nnc2-c2ccc(Cl)cc2)cc1. The maximum Gasteiger partial charge on any atom is 0.196 e. The molecule has 0 amide bonds. The van der Waals surface area contributed by atoms with Crippen molar-refractivity contribution in [2.24, 2.45) is 0 Å². The number of thioether (sulfide) groups is 1. The summed E-state index contributed by atoms with van der Waals surface area (Å²) >= 11 is 7.78. The fourth-order valence-electron chi connectivity index (χ4n) is 3.72. The van der Waals surface area contributed by atoms with Crippen molar-refractivity contribution in [3.05, 3.63) is 102 Å². The lowest BCUT2D eigenvalue weighted by Crippen LogP contribution is -2.00. The zero-order valence-corrected chi connectivity index (χ0v) is 19.7. The third kappa shape index (κ3) is 4.75. The van der Waals surface area contributed by atoms with E-state index >= 15 is 0 Å². The molecule has 0 bridgehead atoms. The van der Waals surface area contributed by atoms with Crippen LogP contribution in [-0.2, 0) is 5.75 Å². The molecule has 1 heterocycles. The Morgan fingerprint density at radius 3 is 2.36 bits per heavy atom. The van der Waals surface area contributed by atoms with Crippen LogP contribution in [0.25, 0.3) is 27.8 Å². The first kappa shape index (κ1) is 21.6. The summed E-state index contributed by atoms with van der Waals surface area (Å²) in [6.45, 7) is 2.61. The van der Waals surface area contributed by atoms with Gasteiger partial charge in [0.1, 0.15) is 5.75 Å². The first-order valence-electron chi connectivity index (χ1n) is 10.8. The molecule has 33 heavy (non-hydrogen) atoms. The van der Waals surface area contributed by atoms with Gasteiger partial charge in [-0.3, -0.25) is 4.57 Å². The first-order valence-corrected chi connectivity index (χ1v) is 12.1. The van der Waals surface area contributed by atoms with Gasteiger partial charge in [0.05, 0.1) is 6.61 Å². The number of aromatic nitrogens is 3. The zero-order valence-electron chi connectivity index (χ0n) is 18.1. The fourth-order valence-corrected chi connectivity index (χ4v) is 4.74. The van der Waals surface area contributed by atoms with Gasteiger partial charge in [0.15, 0.2) is 11.0 Å². The Kier molecular flexibility index (Phi) is 6.33. The number of nitrogens with zero attached hydrogens (tertiary/aromatic N) is 3. The van der Waals surface area contributed by atoms with E-state index in [4.69, 9.17) is 16.3 Å². The Bertz CT molecular complexity index is 1380. The van der Waals surface area contributed by atoms with E-state index in [1.165, 1.54) is 16.3 Å². The molecule has 1 aromatic heterocycles. The van der Waals surface area contributed by atoms with Gasteiger partial charge in [-0.05, 0) is 71.8 Å². The molecule has 164 valence electrons. The highest BCUT2D eigenvalue weighted by molar-refractivity contribution is 7.98. The van der Waals surface area contributed by atoms with Crippen LogP contribution in [-0.4, -0.2) is 21.4 Å². The summed E-state index contributed by atoms with van der Waals surface area (Å²) in [7, 11) is 0. The molecular formula is C27H22ClN3OS. The monoisotopic (exact) mass is 471 g/mol. The normalized spacial score (nSPS) is 11.1. The Morgan fingerprint density at radius 1 is 0.848 bits per heavy atom. The minimum atomic E-state index is 0.634. The minimum absolute atomic E-state index is 0.634. The van der Waals surface area contributed by atoms with E-state index in [0.29, 0.717) is 11.6 Å². The molecule has 0 aliphatic rings. The number of hydrogen-bond acceptors (Lipinski definition) is 4. The number of benzene rings is 4. The Labute approximate surface area is 202 Å². The Hall–Kier alpha value is -3.28. The average Bonchev–Trinajstić information content (AvgIpc) is 3.28. The molecule has 0 atom stereocenters. The van der Waals surface area contributed by atoms with Crippen LogP contribution in [0.2, 0.25) is 5.02 Å². The van der Waals surface area contributed by atoms with Gasteiger partial charge in [-0.15, -0.1) is 10.2 Å². The van der Waals surface area contributed by atoms with Crippen molar-refractivity contribution >= 4 is 34.1 Å². The molecule has 0 saturated heterocycles. The Morgan fingerprint density at radius 2 is 1.61 bits per heavy atom. The number of halogens is 1. The molecule has 0 aliphatic heterocycles. The lowest BCUT2D eigenvalue weighted by Gasteiger charge is -2.12.